The fraction of sp³-hybridized carbons (Fsp3) is 0.188. The van der Waals surface area contributed by atoms with E-state index in [1.165, 1.54) is 11.1 Å². The van der Waals surface area contributed by atoms with Crippen molar-refractivity contribution in [1.82, 2.24) is 0 Å². The molecule has 0 aromatic heterocycles. The zero-order valence-electron chi connectivity index (χ0n) is 9.86. The molecule has 1 nitrogen and oxygen atoms in total. The number of hydrogen-bond donors (Lipinski definition) is 0. The summed E-state index contributed by atoms with van der Waals surface area (Å²) in [5.74, 6) is 0.178. The lowest BCUT2D eigenvalue weighted by atomic mass is 9.82. The van der Waals surface area contributed by atoms with E-state index in [4.69, 9.17) is 0 Å². The lowest BCUT2D eigenvalue weighted by Gasteiger charge is -2.20. The molecule has 0 atom stereocenters. The van der Waals surface area contributed by atoms with E-state index in [1.807, 2.05) is 30.3 Å². The molecule has 0 aliphatic heterocycles. The van der Waals surface area contributed by atoms with Crippen LogP contribution in [0, 0.1) is 0 Å². The Bertz CT molecular complexity index is 596. The lowest BCUT2D eigenvalue weighted by molar-refractivity contribution is 0.103. The number of carbonyl (C=O) groups is 1. The first-order valence-corrected chi connectivity index (χ1v) is 6.04. The van der Waals surface area contributed by atoms with Gasteiger partial charge in [-0.1, -0.05) is 49.4 Å². The Balaban J connectivity index is 2.23. The first kappa shape index (κ1) is 10.3. The summed E-state index contributed by atoms with van der Waals surface area (Å²) < 4.78 is 0. The molecular formula is C16H14O. The van der Waals surface area contributed by atoms with Gasteiger partial charge in [0.15, 0.2) is 5.78 Å². The molecule has 0 amide bonds. The molecule has 0 fully saturated rings. The largest absolute Gasteiger partial charge is 0.289 e. The van der Waals surface area contributed by atoms with Gasteiger partial charge in [0.25, 0.3) is 0 Å². The number of aryl methyl sites for hydroxylation is 1. The van der Waals surface area contributed by atoms with Crippen LogP contribution in [0.3, 0.4) is 0 Å². The summed E-state index contributed by atoms with van der Waals surface area (Å²) in [5, 5.41) is 0. The van der Waals surface area contributed by atoms with Crippen molar-refractivity contribution in [2.24, 2.45) is 0 Å². The number of carbonyl (C=O) groups excluding carboxylic acids is 1. The van der Waals surface area contributed by atoms with Crippen LogP contribution in [0.25, 0.3) is 0 Å². The third-order valence-corrected chi connectivity index (χ3v) is 3.53. The molecule has 0 N–H and O–H groups in total. The maximum atomic E-state index is 12.4. The molecule has 1 heteroatoms. The van der Waals surface area contributed by atoms with E-state index in [-0.39, 0.29) is 5.78 Å². The van der Waals surface area contributed by atoms with Crippen LogP contribution >= 0.6 is 0 Å². The molecule has 0 spiro atoms. The first-order chi connectivity index (χ1) is 8.31. The predicted molar refractivity (Wildman–Crippen MR) is 68.5 cm³/mol. The third-order valence-electron chi connectivity index (χ3n) is 3.53. The number of benzene rings is 2. The van der Waals surface area contributed by atoms with E-state index in [0.717, 1.165) is 29.5 Å². The van der Waals surface area contributed by atoms with Crippen LogP contribution in [0.4, 0.5) is 0 Å². The van der Waals surface area contributed by atoms with Gasteiger partial charge < -0.3 is 0 Å². The second kappa shape index (κ2) is 3.85. The Morgan fingerprint density at radius 1 is 1.00 bits per heavy atom. The first-order valence-electron chi connectivity index (χ1n) is 6.04. The van der Waals surface area contributed by atoms with Crippen molar-refractivity contribution in [3.05, 3.63) is 70.3 Å². The molecular weight excluding hydrogens is 208 g/mol. The number of fused-ring (bicyclic) bond motifs is 2. The van der Waals surface area contributed by atoms with Gasteiger partial charge in [0.05, 0.1) is 0 Å². The van der Waals surface area contributed by atoms with E-state index in [0.29, 0.717) is 0 Å². The van der Waals surface area contributed by atoms with Crippen LogP contribution in [0.2, 0.25) is 0 Å². The normalized spacial score (nSPS) is 13.1. The Labute approximate surface area is 101 Å². The fourth-order valence-corrected chi connectivity index (χ4v) is 2.62. The van der Waals surface area contributed by atoms with Gasteiger partial charge in [-0.15, -0.1) is 0 Å². The van der Waals surface area contributed by atoms with Gasteiger partial charge in [-0.05, 0) is 29.5 Å². The van der Waals surface area contributed by atoms with E-state index in [1.54, 1.807) is 0 Å². The van der Waals surface area contributed by atoms with Gasteiger partial charge in [-0.2, -0.15) is 0 Å². The smallest absolute Gasteiger partial charge is 0.193 e. The van der Waals surface area contributed by atoms with Crippen molar-refractivity contribution in [3.8, 4) is 0 Å². The van der Waals surface area contributed by atoms with Crippen LogP contribution in [-0.2, 0) is 12.8 Å². The van der Waals surface area contributed by atoms with E-state index >= 15 is 0 Å². The maximum absolute atomic E-state index is 12.4. The second-order valence-corrected chi connectivity index (χ2v) is 4.46. The molecule has 2 aromatic rings. The highest BCUT2D eigenvalue weighted by Crippen LogP contribution is 2.29. The summed E-state index contributed by atoms with van der Waals surface area (Å²) in [6.07, 6.45) is 1.87. The molecule has 3 rings (SSSR count). The Morgan fingerprint density at radius 2 is 1.76 bits per heavy atom. The molecule has 0 heterocycles. The molecule has 1 aliphatic carbocycles. The highest BCUT2D eigenvalue weighted by atomic mass is 16.1. The molecule has 0 saturated heterocycles. The standard InChI is InChI=1S/C16H14O/c1-2-11-7-5-9-14-15(11)10-12-6-3-4-8-13(12)16(14)17/h3-9H,2,10H2,1H3. The summed E-state index contributed by atoms with van der Waals surface area (Å²) in [7, 11) is 0. The molecule has 0 saturated carbocycles. The van der Waals surface area contributed by atoms with Gasteiger partial charge in [-0.25, -0.2) is 0 Å². The second-order valence-electron chi connectivity index (χ2n) is 4.46. The summed E-state index contributed by atoms with van der Waals surface area (Å²) in [6, 6.07) is 14.0. The maximum Gasteiger partial charge on any atom is 0.193 e. The summed E-state index contributed by atoms with van der Waals surface area (Å²) in [4.78, 5) is 12.4. The average Bonchev–Trinajstić information content (AvgIpc) is 2.38. The Morgan fingerprint density at radius 3 is 2.59 bits per heavy atom. The van der Waals surface area contributed by atoms with Crippen molar-refractivity contribution in [1.29, 1.82) is 0 Å². The third kappa shape index (κ3) is 1.50. The van der Waals surface area contributed by atoms with E-state index < -0.39 is 0 Å². The van der Waals surface area contributed by atoms with Crippen molar-refractivity contribution >= 4 is 5.78 Å². The fourth-order valence-electron chi connectivity index (χ4n) is 2.62. The van der Waals surface area contributed by atoms with Gasteiger partial charge >= 0.3 is 0 Å². The summed E-state index contributed by atoms with van der Waals surface area (Å²) in [6.45, 7) is 2.14. The molecule has 17 heavy (non-hydrogen) atoms. The van der Waals surface area contributed by atoms with Crippen LogP contribution in [-0.4, -0.2) is 5.78 Å². The minimum atomic E-state index is 0.178. The highest BCUT2D eigenvalue weighted by molar-refractivity contribution is 6.12. The van der Waals surface area contributed by atoms with Gasteiger partial charge in [0, 0.05) is 11.1 Å². The van der Waals surface area contributed by atoms with Crippen LogP contribution < -0.4 is 0 Å². The minimum absolute atomic E-state index is 0.178. The monoisotopic (exact) mass is 222 g/mol. The van der Waals surface area contributed by atoms with E-state index in [2.05, 4.69) is 19.1 Å². The molecule has 0 unspecified atom stereocenters. The van der Waals surface area contributed by atoms with Crippen molar-refractivity contribution in [2.75, 3.05) is 0 Å². The van der Waals surface area contributed by atoms with Crippen molar-refractivity contribution < 1.29 is 4.79 Å². The number of hydrogen-bond acceptors (Lipinski definition) is 1. The Kier molecular flexibility index (Phi) is 2.32. The summed E-state index contributed by atoms with van der Waals surface area (Å²) >= 11 is 0. The molecule has 0 radical (unpaired) electrons. The van der Waals surface area contributed by atoms with Crippen LogP contribution in [0.1, 0.15) is 39.5 Å². The van der Waals surface area contributed by atoms with Gasteiger partial charge in [0.1, 0.15) is 0 Å². The van der Waals surface area contributed by atoms with Gasteiger partial charge in [0.2, 0.25) is 0 Å². The lowest BCUT2D eigenvalue weighted by Crippen LogP contribution is -2.16. The molecule has 0 bridgehead atoms. The highest BCUT2D eigenvalue weighted by Gasteiger charge is 2.23. The summed E-state index contributed by atoms with van der Waals surface area (Å²) in [5.41, 5.74) is 5.44. The molecule has 84 valence electrons. The SMILES string of the molecule is CCc1cccc2c1Cc1ccccc1C2=O. The van der Waals surface area contributed by atoms with Crippen molar-refractivity contribution in [3.63, 3.8) is 0 Å². The Hall–Kier alpha value is -1.89. The van der Waals surface area contributed by atoms with Crippen molar-refractivity contribution in [2.45, 2.75) is 19.8 Å². The topological polar surface area (TPSA) is 17.1 Å². The predicted octanol–water partition coefficient (Wildman–Crippen LogP) is 3.38. The van der Waals surface area contributed by atoms with E-state index in [9.17, 15) is 4.79 Å². The minimum Gasteiger partial charge on any atom is -0.289 e. The van der Waals surface area contributed by atoms with Gasteiger partial charge in [-0.3, -0.25) is 4.79 Å². The quantitative estimate of drug-likeness (QED) is 0.617. The number of rotatable bonds is 1. The average molecular weight is 222 g/mol. The number of ketones is 1. The zero-order chi connectivity index (χ0) is 11.8. The molecule has 2 aromatic carbocycles. The van der Waals surface area contributed by atoms with Crippen LogP contribution in [0.5, 0.6) is 0 Å². The molecule has 1 aliphatic rings. The zero-order valence-corrected chi connectivity index (χ0v) is 9.86. The van der Waals surface area contributed by atoms with Crippen LogP contribution in [0.15, 0.2) is 42.5 Å².